The van der Waals surface area contributed by atoms with Crippen LogP contribution in [0.15, 0.2) is 168 Å². The second kappa shape index (κ2) is 12.5. The molecule has 7 aromatic carbocycles. The van der Waals surface area contributed by atoms with Gasteiger partial charge in [-0.1, -0.05) is 141 Å². The molecule has 0 N–H and O–H groups in total. The monoisotopic (exact) mass is 633 g/mol. The largest absolute Gasteiger partial charge is 0.456 e. The van der Waals surface area contributed by atoms with Gasteiger partial charge >= 0.3 is 0 Å². The Morgan fingerprint density at radius 3 is 1.80 bits per heavy atom. The summed E-state index contributed by atoms with van der Waals surface area (Å²) in [7, 11) is 0. The number of hydrogen-bond donors (Lipinski definition) is 0. The van der Waals surface area contributed by atoms with Gasteiger partial charge in [0.05, 0.1) is 0 Å². The Kier molecular flexibility index (Phi) is 7.50. The first-order valence-electron chi connectivity index (χ1n) is 17.7. The Bertz CT molecular complexity index is 2370. The summed E-state index contributed by atoms with van der Waals surface area (Å²) in [6.45, 7) is 0. The first-order valence-corrected chi connectivity index (χ1v) is 17.7. The number of fused-ring (bicyclic) bond motifs is 4. The van der Waals surface area contributed by atoms with E-state index >= 15 is 0 Å². The quantitative estimate of drug-likeness (QED) is 0.169. The van der Waals surface area contributed by atoms with Gasteiger partial charge in [-0.3, -0.25) is 0 Å². The summed E-state index contributed by atoms with van der Waals surface area (Å²) in [5.74, 6) is 0. The number of para-hydroxylation sites is 1. The van der Waals surface area contributed by atoms with E-state index in [1.165, 1.54) is 71.6 Å². The number of anilines is 3. The Morgan fingerprint density at radius 2 is 1.02 bits per heavy atom. The summed E-state index contributed by atoms with van der Waals surface area (Å²) < 4.78 is 6.23. The summed E-state index contributed by atoms with van der Waals surface area (Å²) >= 11 is 0. The van der Waals surface area contributed by atoms with Crippen LogP contribution in [0.3, 0.4) is 0 Å². The lowest BCUT2D eigenvalue weighted by Gasteiger charge is -2.35. The highest BCUT2D eigenvalue weighted by molar-refractivity contribution is 6.06. The summed E-state index contributed by atoms with van der Waals surface area (Å²) in [4.78, 5) is 2.39. The Balaban J connectivity index is 1.16. The van der Waals surface area contributed by atoms with Gasteiger partial charge in [0.15, 0.2) is 0 Å². The molecule has 0 unspecified atom stereocenters. The molecule has 1 saturated carbocycles. The van der Waals surface area contributed by atoms with Crippen LogP contribution in [0.4, 0.5) is 17.1 Å². The molecule has 0 saturated heterocycles. The molecule has 0 atom stereocenters. The van der Waals surface area contributed by atoms with E-state index in [0.29, 0.717) is 0 Å². The second-order valence-corrected chi connectivity index (χ2v) is 13.6. The molecule has 2 heteroatoms. The molecule has 0 radical (unpaired) electrons. The Morgan fingerprint density at radius 1 is 0.429 bits per heavy atom. The van der Waals surface area contributed by atoms with Crippen LogP contribution in [-0.2, 0) is 5.41 Å². The molecule has 0 spiro atoms. The third-order valence-electron chi connectivity index (χ3n) is 10.8. The van der Waals surface area contributed by atoms with Gasteiger partial charge in [0.2, 0.25) is 0 Å². The number of furan rings is 1. The van der Waals surface area contributed by atoms with Crippen LogP contribution in [-0.4, -0.2) is 0 Å². The van der Waals surface area contributed by atoms with Crippen molar-refractivity contribution in [1.29, 1.82) is 0 Å². The molecule has 49 heavy (non-hydrogen) atoms. The molecule has 0 amide bonds. The predicted molar refractivity (Wildman–Crippen MR) is 206 cm³/mol. The summed E-state index contributed by atoms with van der Waals surface area (Å²) in [5, 5.41) is 4.80. The number of nitrogens with zero attached hydrogens (tertiary/aromatic N) is 1. The lowest BCUT2D eigenvalue weighted by atomic mass is 9.69. The summed E-state index contributed by atoms with van der Waals surface area (Å²) in [6.07, 6.45) is 7.57. The maximum Gasteiger partial charge on any atom is 0.135 e. The molecule has 1 aliphatic carbocycles. The predicted octanol–water partition coefficient (Wildman–Crippen LogP) is 13.5. The smallest absolute Gasteiger partial charge is 0.135 e. The number of benzene rings is 7. The fourth-order valence-corrected chi connectivity index (χ4v) is 8.33. The van der Waals surface area contributed by atoms with Crippen molar-refractivity contribution in [3.8, 4) is 11.1 Å². The fraction of sp³-hybridized carbons (Fsp3) is 0.149. The lowest BCUT2D eigenvalue weighted by molar-refractivity contribution is 0.446. The molecular formula is C47H39NO. The minimum Gasteiger partial charge on any atom is -0.456 e. The van der Waals surface area contributed by atoms with E-state index in [2.05, 4.69) is 157 Å². The van der Waals surface area contributed by atoms with E-state index in [9.17, 15) is 0 Å². The standard InChI is InChI=1S/C47H39NO/c1-2-11-32-47(31-10-1,36-15-4-3-5-16-36)37-23-27-39(28-24-37)48(40-29-30-46-44(33-40)43-18-8-9-20-45(43)49-46)38-25-21-35(22-26-38)42-19-12-14-34-13-6-7-17-41(34)42/h3-9,12-30,33H,1-2,10-11,31-32H2. The average Bonchev–Trinajstić information content (AvgIpc) is 3.35. The van der Waals surface area contributed by atoms with Gasteiger partial charge in [0.1, 0.15) is 11.2 Å². The van der Waals surface area contributed by atoms with E-state index in [4.69, 9.17) is 4.42 Å². The van der Waals surface area contributed by atoms with Crippen molar-refractivity contribution in [3.05, 3.63) is 175 Å². The molecular weight excluding hydrogens is 595 g/mol. The highest BCUT2D eigenvalue weighted by Crippen LogP contribution is 2.46. The topological polar surface area (TPSA) is 16.4 Å². The molecule has 1 heterocycles. The van der Waals surface area contributed by atoms with Gasteiger partial charge in [-0.2, -0.15) is 0 Å². The molecule has 0 aliphatic heterocycles. The van der Waals surface area contributed by atoms with Crippen molar-refractivity contribution in [2.75, 3.05) is 4.90 Å². The minimum atomic E-state index is 0.0514. The average molecular weight is 634 g/mol. The van der Waals surface area contributed by atoms with Gasteiger partial charge in [0.25, 0.3) is 0 Å². The molecule has 8 aromatic rings. The molecule has 0 bridgehead atoms. The van der Waals surface area contributed by atoms with Gasteiger partial charge < -0.3 is 9.32 Å². The third kappa shape index (κ3) is 5.29. The number of rotatable bonds is 6. The zero-order chi connectivity index (χ0) is 32.6. The van der Waals surface area contributed by atoms with Crippen LogP contribution in [0.1, 0.15) is 49.7 Å². The fourth-order valence-electron chi connectivity index (χ4n) is 8.33. The van der Waals surface area contributed by atoms with E-state index < -0.39 is 0 Å². The Hall–Kier alpha value is -5.60. The van der Waals surface area contributed by atoms with E-state index in [1.54, 1.807) is 0 Å². The normalized spacial score (nSPS) is 14.6. The van der Waals surface area contributed by atoms with Gasteiger partial charge in [-0.05, 0) is 94.4 Å². The first kappa shape index (κ1) is 29.5. The zero-order valence-electron chi connectivity index (χ0n) is 27.7. The van der Waals surface area contributed by atoms with E-state index in [1.807, 2.05) is 12.1 Å². The maximum absolute atomic E-state index is 6.23. The molecule has 1 aromatic heterocycles. The lowest BCUT2D eigenvalue weighted by Crippen LogP contribution is -2.27. The minimum absolute atomic E-state index is 0.0514. The third-order valence-corrected chi connectivity index (χ3v) is 10.8. The maximum atomic E-state index is 6.23. The Labute approximate surface area is 288 Å². The van der Waals surface area contributed by atoms with Gasteiger partial charge in [-0.25, -0.2) is 0 Å². The summed E-state index contributed by atoms with van der Waals surface area (Å²) in [5.41, 5.74) is 10.6. The van der Waals surface area contributed by atoms with Gasteiger partial charge in [-0.15, -0.1) is 0 Å². The van der Waals surface area contributed by atoms with Crippen molar-refractivity contribution < 1.29 is 4.42 Å². The van der Waals surface area contributed by atoms with E-state index in [0.717, 1.165) is 39.0 Å². The van der Waals surface area contributed by atoms with Crippen molar-refractivity contribution in [2.45, 2.75) is 43.9 Å². The van der Waals surface area contributed by atoms with Crippen molar-refractivity contribution in [3.63, 3.8) is 0 Å². The molecule has 238 valence electrons. The van der Waals surface area contributed by atoms with Crippen LogP contribution in [0.5, 0.6) is 0 Å². The van der Waals surface area contributed by atoms with Gasteiger partial charge in [0, 0.05) is 33.2 Å². The molecule has 1 aliphatic rings. The van der Waals surface area contributed by atoms with Crippen molar-refractivity contribution in [2.24, 2.45) is 0 Å². The first-order chi connectivity index (χ1) is 24.3. The van der Waals surface area contributed by atoms with Crippen molar-refractivity contribution >= 4 is 49.8 Å². The summed E-state index contributed by atoms with van der Waals surface area (Å²) in [6, 6.07) is 59.9. The highest BCUT2D eigenvalue weighted by Gasteiger charge is 2.34. The van der Waals surface area contributed by atoms with Crippen LogP contribution >= 0.6 is 0 Å². The van der Waals surface area contributed by atoms with Crippen LogP contribution in [0, 0.1) is 0 Å². The zero-order valence-corrected chi connectivity index (χ0v) is 27.7. The SMILES string of the molecule is c1ccc(C2(c3ccc(N(c4ccc(-c5cccc6ccccc56)cc4)c4ccc5oc6ccccc6c5c4)cc3)CCCCCC2)cc1. The number of hydrogen-bond acceptors (Lipinski definition) is 2. The van der Waals surface area contributed by atoms with E-state index in [-0.39, 0.29) is 5.41 Å². The molecule has 9 rings (SSSR count). The van der Waals surface area contributed by atoms with Crippen LogP contribution in [0.2, 0.25) is 0 Å². The van der Waals surface area contributed by atoms with Crippen LogP contribution in [0.25, 0.3) is 43.8 Å². The van der Waals surface area contributed by atoms with Crippen molar-refractivity contribution in [1.82, 2.24) is 0 Å². The second-order valence-electron chi connectivity index (χ2n) is 13.6. The molecule has 2 nitrogen and oxygen atoms in total. The van der Waals surface area contributed by atoms with Crippen LogP contribution < -0.4 is 4.90 Å². The highest BCUT2D eigenvalue weighted by atomic mass is 16.3. The molecule has 1 fully saturated rings.